The van der Waals surface area contributed by atoms with Crippen LogP contribution in [0.25, 0.3) is 0 Å². The Labute approximate surface area is 185 Å². The van der Waals surface area contributed by atoms with Gasteiger partial charge in [0.1, 0.15) is 19.8 Å². The van der Waals surface area contributed by atoms with E-state index in [0.717, 1.165) is 0 Å². The maximum Gasteiger partial charge on any atom is 0.267 e. The topological polar surface area (TPSA) is 89.6 Å². The molecule has 0 bridgehead atoms. The summed E-state index contributed by atoms with van der Waals surface area (Å²) in [5.74, 6) is 2.38. The monoisotopic (exact) mass is 439 g/mol. The van der Waals surface area contributed by atoms with Crippen molar-refractivity contribution in [2.75, 3.05) is 57.9 Å². The third kappa shape index (κ3) is 4.43. The van der Waals surface area contributed by atoms with Crippen LogP contribution in [0.2, 0.25) is 0 Å². The van der Waals surface area contributed by atoms with Crippen molar-refractivity contribution in [1.82, 2.24) is 9.80 Å². The quantitative estimate of drug-likeness (QED) is 0.770. The lowest BCUT2D eigenvalue weighted by molar-refractivity contribution is -0.143. The second-order valence-corrected chi connectivity index (χ2v) is 7.87. The summed E-state index contributed by atoms with van der Waals surface area (Å²) in [5.41, 5.74) is 0.669. The number of carbonyl (C=O) groups is 2. The van der Waals surface area contributed by atoms with Gasteiger partial charge in [-0.3, -0.25) is 14.5 Å². The second kappa shape index (κ2) is 8.96. The predicted octanol–water partition coefficient (Wildman–Crippen LogP) is 1.38. The molecule has 0 radical (unpaired) electrons. The Morgan fingerprint density at radius 3 is 2.41 bits per heavy atom. The summed E-state index contributed by atoms with van der Waals surface area (Å²) < 4.78 is 22.5. The molecule has 0 aliphatic carbocycles. The highest BCUT2D eigenvalue weighted by Gasteiger charge is 2.33. The van der Waals surface area contributed by atoms with Gasteiger partial charge in [-0.1, -0.05) is 12.1 Å². The number of hydrogen-bond donors (Lipinski definition) is 1. The Bertz CT molecular complexity index is 1000. The molecule has 1 saturated heterocycles. The summed E-state index contributed by atoms with van der Waals surface area (Å²) in [4.78, 5) is 29.1. The third-order valence-electron chi connectivity index (χ3n) is 5.66. The number of anilines is 1. The van der Waals surface area contributed by atoms with Crippen LogP contribution in [-0.2, 0) is 9.59 Å². The lowest BCUT2D eigenvalue weighted by Gasteiger charge is -2.36. The molecule has 3 aliphatic rings. The Hall–Kier alpha value is -3.46. The number of fused-ring (bicyclic) bond motifs is 2. The third-order valence-corrected chi connectivity index (χ3v) is 5.66. The molecule has 0 saturated carbocycles. The number of para-hydroxylation sites is 2. The number of nitrogens with one attached hydrogen (secondary N) is 1. The molecule has 1 fully saturated rings. The smallest absolute Gasteiger partial charge is 0.267 e. The number of amides is 2. The molecule has 2 aromatic rings. The van der Waals surface area contributed by atoms with Crippen LogP contribution in [-0.4, -0.2) is 80.3 Å². The molecule has 3 heterocycles. The van der Waals surface area contributed by atoms with Gasteiger partial charge in [-0.15, -0.1) is 0 Å². The number of carbonyl (C=O) groups excluding carboxylic acids is 2. The standard InChI is InChI=1S/C23H25N3O6/c27-22(24-16-5-6-18-20(13-16)30-12-11-29-18)14-25-7-9-26(10-8-25)23(28)21-15-31-17-3-1-2-4-19(17)32-21/h1-6,13,21H,7-12,14-15H2,(H,24,27)/t21-/m0/s1. The van der Waals surface area contributed by atoms with Gasteiger partial charge in [0.05, 0.1) is 6.54 Å². The molecule has 1 atom stereocenters. The summed E-state index contributed by atoms with van der Waals surface area (Å²) in [5, 5.41) is 2.90. The van der Waals surface area contributed by atoms with Gasteiger partial charge < -0.3 is 29.2 Å². The lowest BCUT2D eigenvalue weighted by Crippen LogP contribution is -2.54. The average molecular weight is 439 g/mol. The minimum Gasteiger partial charge on any atom is -0.486 e. The Kier molecular flexibility index (Phi) is 5.72. The molecule has 5 rings (SSSR count). The van der Waals surface area contributed by atoms with Crippen molar-refractivity contribution in [1.29, 1.82) is 0 Å². The van der Waals surface area contributed by atoms with E-state index in [4.69, 9.17) is 18.9 Å². The number of hydrogen-bond acceptors (Lipinski definition) is 7. The normalized spacial score (nSPS) is 19.9. The Morgan fingerprint density at radius 1 is 0.875 bits per heavy atom. The van der Waals surface area contributed by atoms with Crippen molar-refractivity contribution in [2.24, 2.45) is 0 Å². The van der Waals surface area contributed by atoms with E-state index < -0.39 is 6.10 Å². The van der Waals surface area contributed by atoms with E-state index in [1.807, 2.05) is 23.1 Å². The number of nitrogens with zero attached hydrogens (tertiary/aromatic N) is 2. The number of piperazine rings is 1. The van der Waals surface area contributed by atoms with E-state index in [0.29, 0.717) is 68.1 Å². The number of rotatable bonds is 4. The van der Waals surface area contributed by atoms with Crippen LogP contribution in [0.15, 0.2) is 42.5 Å². The summed E-state index contributed by atoms with van der Waals surface area (Å²) in [6.45, 7) is 3.80. The van der Waals surface area contributed by atoms with Crippen molar-refractivity contribution in [3.8, 4) is 23.0 Å². The number of benzene rings is 2. The van der Waals surface area contributed by atoms with Crippen LogP contribution >= 0.6 is 0 Å². The number of ether oxygens (including phenoxy) is 4. The summed E-state index contributed by atoms with van der Waals surface area (Å²) in [6, 6.07) is 12.7. The van der Waals surface area contributed by atoms with Crippen LogP contribution in [0.5, 0.6) is 23.0 Å². The second-order valence-electron chi connectivity index (χ2n) is 7.87. The van der Waals surface area contributed by atoms with E-state index in [1.165, 1.54) is 0 Å². The first kappa shape index (κ1) is 20.4. The van der Waals surface area contributed by atoms with Crippen LogP contribution < -0.4 is 24.3 Å². The average Bonchev–Trinajstić information content (AvgIpc) is 2.83. The summed E-state index contributed by atoms with van der Waals surface area (Å²) in [6.07, 6.45) is -0.644. The summed E-state index contributed by atoms with van der Waals surface area (Å²) >= 11 is 0. The fraction of sp³-hybridized carbons (Fsp3) is 0.391. The van der Waals surface area contributed by atoms with E-state index in [2.05, 4.69) is 5.32 Å². The highest BCUT2D eigenvalue weighted by Crippen LogP contribution is 2.33. The van der Waals surface area contributed by atoms with E-state index in [-0.39, 0.29) is 25.0 Å². The molecule has 0 unspecified atom stereocenters. The molecule has 9 nitrogen and oxygen atoms in total. The largest absolute Gasteiger partial charge is 0.486 e. The van der Waals surface area contributed by atoms with Crippen molar-refractivity contribution >= 4 is 17.5 Å². The van der Waals surface area contributed by atoms with Gasteiger partial charge >= 0.3 is 0 Å². The van der Waals surface area contributed by atoms with E-state index in [9.17, 15) is 9.59 Å². The van der Waals surface area contributed by atoms with Crippen LogP contribution in [0.1, 0.15) is 0 Å². The molecular weight excluding hydrogens is 414 g/mol. The fourth-order valence-corrected chi connectivity index (χ4v) is 4.00. The van der Waals surface area contributed by atoms with Gasteiger partial charge in [0, 0.05) is 37.9 Å². The first-order valence-corrected chi connectivity index (χ1v) is 10.7. The minimum absolute atomic E-state index is 0.0834. The maximum absolute atomic E-state index is 12.9. The Balaban J connectivity index is 1.09. The van der Waals surface area contributed by atoms with Crippen LogP contribution in [0, 0.1) is 0 Å². The molecule has 1 N–H and O–H groups in total. The SMILES string of the molecule is O=C(CN1CCN(C(=O)[C@@H]2COc3ccccc3O2)CC1)Nc1ccc2c(c1)OCCO2. The zero-order valence-electron chi connectivity index (χ0n) is 17.6. The van der Waals surface area contributed by atoms with Crippen molar-refractivity contribution in [3.63, 3.8) is 0 Å². The van der Waals surface area contributed by atoms with Gasteiger partial charge in [-0.25, -0.2) is 0 Å². The van der Waals surface area contributed by atoms with Gasteiger partial charge in [-0.05, 0) is 24.3 Å². The van der Waals surface area contributed by atoms with Gasteiger partial charge in [0.15, 0.2) is 23.0 Å². The highest BCUT2D eigenvalue weighted by atomic mass is 16.6. The first-order chi connectivity index (χ1) is 15.7. The van der Waals surface area contributed by atoms with Crippen LogP contribution in [0.3, 0.4) is 0 Å². The van der Waals surface area contributed by atoms with Crippen molar-refractivity contribution in [2.45, 2.75) is 6.10 Å². The molecule has 2 aromatic carbocycles. The zero-order valence-corrected chi connectivity index (χ0v) is 17.6. The maximum atomic E-state index is 12.9. The molecule has 168 valence electrons. The molecule has 32 heavy (non-hydrogen) atoms. The fourth-order valence-electron chi connectivity index (χ4n) is 4.00. The predicted molar refractivity (Wildman–Crippen MR) is 115 cm³/mol. The van der Waals surface area contributed by atoms with Gasteiger partial charge in [0.25, 0.3) is 5.91 Å². The van der Waals surface area contributed by atoms with Crippen molar-refractivity contribution < 1.29 is 28.5 Å². The molecule has 9 heteroatoms. The van der Waals surface area contributed by atoms with E-state index >= 15 is 0 Å². The molecule has 2 amide bonds. The molecule has 3 aliphatic heterocycles. The highest BCUT2D eigenvalue weighted by molar-refractivity contribution is 5.92. The van der Waals surface area contributed by atoms with Crippen LogP contribution in [0.4, 0.5) is 5.69 Å². The molecule has 0 spiro atoms. The van der Waals surface area contributed by atoms with Crippen molar-refractivity contribution in [3.05, 3.63) is 42.5 Å². The molecule has 0 aromatic heterocycles. The zero-order chi connectivity index (χ0) is 21.9. The van der Waals surface area contributed by atoms with E-state index in [1.54, 1.807) is 29.2 Å². The van der Waals surface area contributed by atoms with Gasteiger partial charge in [0.2, 0.25) is 12.0 Å². The Morgan fingerprint density at radius 2 is 1.59 bits per heavy atom. The molecular formula is C23H25N3O6. The first-order valence-electron chi connectivity index (χ1n) is 10.7. The lowest BCUT2D eigenvalue weighted by atomic mass is 10.2. The minimum atomic E-state index is -0.644. The van der Waals surface area contributed by atoms with Gasteiger partial charge in [-0.2, -0.15) is 0 Å². The summed E-state index contributed by atoms with van der Waals surface area (Å²) in [7, 11) is 0.